The van der Waals surface area contributed by atoms with Crippen molar-refractivity contribution in [1.29, 1.82) is 0 Å². The molecule has 3 rings (SSSR count). The summed E-state index contributed by atoms with van der Waals surface area (Å²) in [5.41, 5.74) is 0. The highest BCUT2D eigenvalue weighted by Gasteiger charge is 2.28. The molecule has 0 bridgehead atoms. The quantitative estimate of drug-likeness (QED) is 0.839. The summed E-state index contributed by atoms with van der Waals surface area (Å²) in [7, 11) is 0. The van der Waals surface area contributed by atoms with E-state index in [1.54, 1.807) is 28.5 Å². The minimum absolute atomic E-state index is 0.201. The molecule has 1 amide bonds. The highest BCUT2D eigenvalue weighted by Crippen LogP contribution is 2.21. The summed E-state index contributed by atoms with van der Waals surface area (Å²) in [6.07, 6.45) is 4.80. The van der Waals surface area contributed by atoms with Gasteiger partial charge in [0.2, 0.25) is 5.91 Å². The molecular formula is C12H14N4OS. The predicted molar refractivity (Wildman–Crippen MR) is 68.3 cm³/mol. The van der Waals surface area contributed by atoms with Crippen LogP contribution in [0, 0.1) is 0 Å². The smallest absolute Gasteiger partial charge is 0.227 e. The lowest BCUT2D eigenvalue weighted by molar-refractivity contribution is -0.129. The zero-order valence-electron chi connectivity index (χ0n) is 9.90. The molecule has 1 atom stereocenters. The van der Waals surface area contributed by atoms with Crippen LogP contribution < -0.4 is 0 Å². The fraction of sp³-hybridized carbons (Fsp3) is 0.417. The first kappa shape index (κ1) is 11.4. The first-order valence-electron chi connectivity index (χ1n) is 5.99. The Labute approximate surface area is 109 Å². The molecule has 0 N–H and O–H groups in total. The van der Waals surface area contributed by atoms with Crippen LogP contribution in [0.25, 0.3) is 0 Å². The number of thiophene rings is 1. The fourth-order valence-electron chi connectivity index (χ4n) is 2.25. The molecule has 1 aliphatic heterocycles. The molecule has 6 heteroatoms. The lowest BCUT2D eigenvalue weighted by atomic mass is 10.3. The van der Waals surface area contributed by atoms with Crippen molar-refractivity contribution in [3.63, 3.8) is 0 Å². The molecule has 5 nitrogen and oxygen atoms in total. The normalized spacial score (nSPS) is 19.3. The van der Waals surface area contributed by atoms with E-state index in [1.165, 1.54) is 0 Å². The number of amides is 1. The Hall–Kier alpha value is -1.69. The third kappa shape index (κ3) is 2.28. The van der Waals surface area contributed by atoms with Gasteiger partial charge in [0.05, 0.1) is 24.9 Å². The second-order valence-electron chi connectivity index (χ2n) is 4.39. The van der Waals surface area contributed by atoms with Gasteiger partial charge in [-0.2, -0.15) is 15.0 Å². The third-order valence-corrected chi connectivity index (χ3v) is 4.06. The maximum absolute atomic E-state index is 12.1. The summed E-state index contributed by atoms with van der Waals surface area (Å²) in [5.74, 6) is 0.201. The van der Waals surface area contributed by atoms with E-state index in [0.29, 0.717) is 6.42 Å². The number of carbonyl (C=O) groups is 1. The topological polar surface area (TPSA) is 51.0 Å². The summed E-state index contributed by atoms with van der Waals surface area (Å²) in [6.45, 7) is 1.52. The summed E-state index contributed by atoms with van der Waals surface area (Å²) in [6, 6.07) is 4.21. The molecule has 1 fully saturated rings. The first-order valence-corrected chi connectivity index (χ1v) is 6.87. The largest absolute Gasteiger partial charge is 0.340 e. The molecule has 0 aliphatic carbocycles. The van der Waals surface area contributed by atoms with Gasteiger partial charge in [-0.1, -0.05) is 6.07 Å². The highest BCUT2D eigenvalue weighted by molar-refractivity contribution is 7.10. The van der Waals surface area contributed by atoms with Crippen molar-refractivity contribution < 1.29 is 4.79 Å². The zero-order valence-corrected chi connectivity index (χ0v) is 10.7. The third-order valence-electron chi connectivity index (χ3n) is 3.18. The van der Waals surface area contributed by atoms with Crippen LogP contribution in [0.1, 0.15) is 17.3 Å². The standard InChI is InChI=1S/C12H14N4OS/c17-12(8-11-2-1-7-18-11)15-6-3-10(9-15)16-13-4-5-14-16/h1-2,4-5,7,10H,3,6,8-9H2. The van der Waals surface area contributed by atoms with Crippen molar-refractivity contribution >= 4 is 17.2 Å². The van der Waals surface area contributed by atoms with Crippen LogP contribution in [-0.2, 0) is 11.2 Å². The van der Waals surface area contributed by atoms with Crippen LogP contribution in [0.4, 0.5) is 0 Å². The molecule has 18 heavy (non-hydrogen) atoms. The van der Waals surface area contributed by atoms with Gasteiger partial charge in [-0.15, -0.1) is 11.3 Å². The molecular weight excluding hydrogens is 248 g/mol. The highest BCUT2D eigenvalue weighted by atomic mass is 32.1. The van der Waals surface area contributed by atoms with Gasteiger partial charge in [-0.05, 0) is 17.9 Å². The van der Waals surface area contributed by atoms with Crippen molar-refractivity contribution in [1.82, 2.24) is 19.9 Å². The van der Waals surface area contributed by atoms with Crippen LogP contribution in [0.5, 0.6) is 0 Å². The minimum atomic E-state index is 0.201. The van der Waals surface area contributed by atoms with Crippen molar-refractivity contribution in [2.45, 2.75) is 18.9 Å². The Balaban J connectivity index is 1.60. The van der Waals surface area contributed by atoms with E-state index in [1.807, 2.05) is 22.4 Å². The van der Waals surface area contributed by atoms with E-state index in [9.17, 15) is 4.79 Å². The van der Waals surface area contributed by atoms with E-state index < -0.39 is 0 Å². The minimum Gasteiger partial charge on any atom is -0.340 e. The summed E-state index contributed by atoms with van der Waals surface area (Å²) >= 11 is 1.63. The number of carbonyl (C=O) groups excluding carboxylic acids is 1. The Morgan fingerprint density at radius 3 is 3.00 bits per heavy atom. The maximum Gasteiger partial charge on any atom is 0.227 e. The molecule has 1 saturated heterocycles. The van der Waals surface area contributed by atoms with Gasteiger partial charge in [0.25, 0.3) is 0 Å². The Morgan fingerprint density at radius 1 is 1.44 bits per heavy atom. The molecule has 94 valence electrons. The number of nitrogens with zero attached hydrogens (tertiary/aromatic N) is 4. The van der Waals surface area contributed by atoms with Gasteiger partial charge in [0.15, 0.2) is 0 Å². The van der Waals surface area contributed by atoms with E-state index in [2.05, 4.69) is 10.2 Å². The molecule has 2 aromatic rings. The monoisotopic (exact) mass is 262 g/mol. The average Bonchev–Trinajstić information content (AvgIpc) is 3.11. The molecule has 0 aromatic carbocycles. The van der Waals surface area contributed by atoms with Crippen LogP contribution in [0.2, 0.25) is 0 Å². The van der Waals surface area contributed by atoms with E-state index in [4.69, 9.17) is 0 Å². The number of aromatic nitrogens is 3. The molecule has 3 heterocycles. The van der Waals surface area contributed by atoms with Crippen LogP contribution in [0.3, 0.4) is 0 Å². The van der Waals surface area contributed by atoms with Crippen LogP contribution in [0.15, 0.2) is 29.9 Å². The summed E-state index contributed by atoms with van der Waals surface area (Å²) in [5, 5.41) is 10.3. The van der Waals surface area contributed by atoms with Gasteiger partial charge in [0, 0.05) is 18.0 Å². The number of hydrogen-bond donors (Lipinski definition) is 0. The van der Waals surface area contributed by atoms with E-state index in [0.717, 1.165) is 24.4 Å². The fourth-order valence-corrected chi connectivity index (χ4v) is 2.94. The van der Waals surface area contributed by atoms with Gasteiger partial charge >= 0.3 is 0 Å². The van der Waals surface area contributed by atoms with Crippen molar-refractivity contribution in [2.75, 3.05) is 13.1 Å². The second kappa shape index (κ2) is 4.89. The molecule has 0 saturated carbocycles. The number of hydrogen-bond acceptors (Lipinski definition) is 4. The second-order valence-corrected chi connectivity index (χ2v) is 5.42. The SMILES string of the molecule is O=C(Cc1cccs1)N1CCC(n2nccn2)C1. The van der Waals surface area contributed by atoms with Crippen LogP contribution >= 0.6 is 11.3 Å². The Bertz CT molecular complexity index is 508. The van der Waals surface area contributed by atoms with Crippen molar-refractivity contribution in [3.8, 4) is 0 Å². The Kier molecular flexibility index (Phi) is 3.10. The van der Waals surface area contributed by atoms with Crippen LogP contribution in [-0.4, -0.2) is 38.9 Å². The Morgan fingerprint density at radius 2 is 2.28 bits per heavy atom. The lowest BCUT2D eigenvalue weighted by Crippen LogP contribution is -2.30. The van der Waals surface area contributed by atoms with Gasteiger partial charge in [0.1, 0.15) is 0 Å². The molecule has 1 aliphatic rings. The van der Waals surface area contributed by atoms with Crippen molar-refractivity contribution in [3.05, 3.63) is 34.8 Å². The molecule has 2 aromatic heterocycles. The molecule has 0 spiro atoms. The number of rotatable bonds is 3. The zero-order chi connectivity index (χ0) is 12.4. The van der Waals surface area contributed by atoms with Gasteiger partial charge in [-0.3, -0.25) is 4.79 Å². The molecule has 0 radical (unpaired) electrons. The summed E-state index contributed by atoms with van der Waals surface area (Å²) in [4.78, 5) is 16.9. The van der Waals surface area contributed by atoms with E-state index >= 15 is 0 Å². The van der Waals surface area contributed by atoms with Crippen molar-refractivity contribution in [2.24, 2.45) is 0 Å². The maximum atomic E-state index is 12.1. The lowest BCUT2D eigenvalue weighted by Gasteiger charge is -2.15. The number of likely N-dealkylation sites (tertiary alicyclic amines) is 1. The average molecular weight is 262 g/mol. The van der Waals surface area contributed by atoms with Gasteiger partial charge < -0.3 is 4.90 Å². The first-order chi connectivity index (χ1) is 8.83. The molecule has 1 unspecified atom stereocenters. The summed E-state index contributed by atoms with van der Waals surface area (Å²) < 4.78 is 0. The van der Waals surface area contributed by atoms with E-state index in [-0.39, 0.29) is 11.9 Å². The van der Waals surface area contributed by atoms with Gasteiger partial charge in [-0.25, -0.2) is 0 Å². The predicted octanol–water partition coefficient (Wildman–Crippen LogP) is 1.36.